The highest BCUT2D eigenvalue weighted by atomic mass is 16.5. The molecule has 2 amide bonds. The van der Waals surface area contributed by atoms with Crippen LogP contribution in [0.1, 0.15) is 40.1 Å². The first-order valence-electron chi connectivity index (χ1n) is 9.84. The summed E-state index contributed by atoms with van der Waals surface area (Å²) in [6, 6.07) is 12.4. The van der Waals surface area contributed by atoms with Gasteiger partial charge in [-0.25, -0.2) is 0 Å². The largest absolute Gasteiger partial charge is 0.491 e. The van der Waals surface area contributed by atoms with Gasteiger partial charge in [-0.3, -0.25) is 9.59 Å². The van der Waals surface area contributed by atoms with Crippen LogP contribution >= 0.6 is 0 Å². The number of carbonyl (C=O) groups excluding carboxylic acids is 2. The average Bonchev–Trinajstić information content (AvgIpc) is 2.67. The van der Waals surface area contributed by atoms with E-state index in [-0.39, 0.29) is 11.8 Å². The maximum Gasteiger partial charge on any atom is 0.259 e. The summed E-state index contributed by atoms with van der Waals surface area (Å²) in [5.41, 5.74) is 2.54. The lowest BCUT2D eigenvalue weighted by atomic mass is 10.1. The molecule has 0 saturated carbocycles. The predicted octanol–water partition coefficient (Wildman–Crippen LogP) is 3.57. The van der Waals surface area contributed by atoms with Gasteiger partial charge in [0.05, 0.1) is 5.56 Å². The van der Waals surface area contributed by atoms with Crippen LogP contribution in [0.25, 0.3) is 0 Å². The Morgan fingerprint density at radius 2 is 1.79 bits per heavy atom. The molecule has 2 N–H and O–H groups in total. The fourth-order valence-electron chi connectivity index (χ4n) is 2.65. The summed E-state index contributed by atoms with van der Waals surface area (Å²) in [7, 11) is 3.94. The van der Waals surface area contributed by atoms with Crippen LogP contribution in [0, 0.1) is 12.8 Å². The van der Waals surface area contributed by atoms with Crippen molar-refractivity contribution in [3.63, 3.8) is 0 Å². The number of anilines is 1. The highest BCUT2D eigenvalue weighted by Crippen LogP contribution is 2.22. The number of aryl methyl sites for hydroxylation is 1. The molecule has 0 spiro atoms. The van der Waals surface area contributed by atoms with E-state index in [1.165, 1.54) is 0 Å². The van der Waals surface area contributed by atoms with Gasteiger partial charge in [-0.2, -0.15) is 0 Å². The molecule has 2 rings (SSSR count). The lowest BCUT2D eigenvalue weighted by molar-refractivity contribution is 0.0948. The fourth-order valence-corrected chi connectivity index (χ4v) is 2.65. The Bertz CT molecular complexity index is 847. The van der Waals surface area contributed by atoms with Crippen molar-refractivity contribution in [3.8, 4) is 5.75 Å². The highest BCUT2D eigenvalue weighted by Gasteiger charge is 2.14. The molecule has 0 aliphatic rings. The van der Waals surface area contributed by atoms with E-state index in [4.69, 9.17) is 4.74 Å². The molecule has 0 radical (unpaired) electrons. The van der Waals surface area contributed by atoms with E-state index in [0.717, 1.165) is 12.1 Å². The van der Waals surface area contributed by atoms with Crippen LogP contribution in [-0.4, -0.2) is 50.5 Å². The second-order valence-corrected chi connectivity index (χ2v) is 7.74. The molecule has 0 aliphatic carbocycles. The third-order valence-electron chi connectivity index (χ3n) is 4.34. The van der Waals surface area contributed by atoms with E-state index in [9.17, 15) is 9.59 Å². The fraction of sp³-hybridized carbons (Fsp3) is 0.391. The SMILES string of the molecule is Cc1cc(C(=O)NCC(C)C)ccc1NC(=O)c1ccccc1OCCN(C)C. The van der Waals surface area contributed by atoms with E-state index in [2.05, 4.69) is 10.6 Å². The van der Waals surface area contributed by atoms with Crippen molar-refractivity contribution >= 4 is 17.5 Å². The molecule has 6 nitrogen and oxygen atoms in total. The zero-order valence-electron chi connectivity index (χ0n) is 17.9. The number of hydrogen-bond acceptors (Lipinski definition) is 4. The van der Waals surface area contributed by atoms with Crippen molar-refractivity contribution in [2.24, 2.45) is 5.92 Å². The van der Waals surface area contributed by atoms with Gasteiger partial charge in [-0.1, -0.05) is 26.0 Å². The van der Waals surface area contributed by atoms with Crippen molar-refractivity contribution in [1.29, 1.82) is 0 Å². The first-order chi connectivity index (χ1) is 13.8. The number of nitrogens with zero attached hydrogens (tertiary/aromatic N) is 1. The molecule has 0 aliphatic heterocycles. The number of carbonyl (C=O) groups is 2. The monoisotopic (exact) mass is 397 g/mol. The van der Waals surface area contributed by atoms with Gasteiger partial charge in [-0.05, 0) is 62.8 Å². The van der Waals surface area contributed by atoms with Crippen molar-refractivity contribution in [1.82, 2.24) is 10.2 Å². The summed E-state index contributed by atoms with van der Waals surface area (Å²) < 4.78 is 5.78. The van der Waals surface area contributed by atoms with Crippen molar-refractivity contribution in [2.45, 2.75) is 20.8 Å². The lowest BCUT2D eigenvalue weighted by Gasteiger charge is -2.15. The lowest BCUT2D eigenvalue weighted by Crippen LogP contribution is -2.27. The van der Waals surface area contributed by atoms with Gasteiger partial charge in [0, 0.05) is 24.3 Å². The Morgan fingerprint density at radius 1 is 1.07 bits per heavy atom. The number of likely N-dealkylation sites (N-methyl/N-ethyl adjacent to an activating group) is 1. The first-order valence-corrected chi connectivity index (χ1v) is 9.84. The molecule has 0 heterocycles. The molecule has 29 heavy (non-hydrogen) atoms. The maximum atomic E-state index is 12.8. The number of ether oxygens (including phenoxy) is 1. The van der Waals surface area contributed by atoms with Gasteiger partial charge in [0.25, 0.3) is 11.8 Å². The van der Waals surface area contributed by atoms with Crippen molar-refractivity contribution < 1.29 is 14.3 Å². The number of rotatable bonds is 9. The third kappa shape index (κ3) is 6.91. The van der Waals surface area contributed by atoms with Gasteiger partial charge in [0.15, 0.2) is 0 Å². The molecule has 2 aromatic rings. The Hall–Kier alpha value is -2.86. The molecular formula is C23H31N3O3. The molecule has 0 saturated heterocycles. The van der Waals surface area contributed by atoms with Crippen LogP contribution in [0.5, 0.6) is 5.75 Å². The summed E-state index contributed by atoms with van der Waals surface area (Å²) in [5.74, 6) is 0.581. The van der Waals surface area contributed by atoms with Crippen LogP contribution in [-0.2, 0) is 0 Å². The van der Waals surface area contributed by atoms with Gasteiger partial charge < -0.3 is 20.3 Å². The maximum absolute atomic E-state index is 12.8. The van der Waals surface area contributed by atoms with Crippen LogP contribution < -0.4 is 15.4 Å². The van der Waals surface area contributed by atoms with Gasteiger partial charge in [0.1, 0.15) is 12.4 Å². The zero-order chi connectivity index (χ0) is 21.4. The van der Waals surface area contributed by atoms with E-state index in [0.29, 0.717) is 41.6 Å². The number of benzene rings is 2. The Morgan fingerprint density at radius 3 is 2.45 bits per heavy atom. The van der Waals surface area contributed by atoms with E-state index >= 15 is 0 Å². The zero-order valence-corrected chi connectivity index (χ0v) is 17.9. The van der Waals surface area contributed by atoms with Gasteiger partial charge in [-0.15, -0.1) is 0 Å². The average molecular weight is 398 g/mol. The van der Waals surface area contributed by atoms with Gasteiger partial charge >= 0.3 is 0 Å². The second kappa shape index (κ2) is 10.6. The highest BCUT2D eigenvalue weighted by molar-refractivity contribution is 6.06. The Balaban J connectivity index is 2.08. The summed E-state index contributed by atoms with van der Waals surface area (Å²) in [5, 5.41) is 5.82. The van der Waals surface area contributed by atoms with E-state index in [1.807, 2.05) is 51.9 Å². The summed E-state index contributed by atoms with van der Waals surface area (Å²) in [6.45, 7) is 7.85. The summed E-state index contributed by atoms with van der Waals surface area (Å²) >= 11 is 0. The number of nitrogens with one attached hydrogen (secondary N) is 2. The number of amides is 2. The molecule has 0 atom stereocenters. The number of para-hydroxylation sites is 1. The molecule has 0 fully saturated rings. The third-order valence-corrected chi connectivity index (χ3v) is 4.34. The van der Waals surface area contributed by atoms with E-state index < -0.39 is 0 Å². The van der Waals surface area contributed by atoms with Crippen LogP contribution in [0.2, 0.25) is 0 Å². The van der Waals surface area contributed by atoms with Crippen LogP contribution in [0.4, 0.5) is 5.69 Å². The van der Waals surface area contributed by atoms with E-state index in [1.54, 1.807) is 30.3 Å². The first kappa shape index (κ1) is 22.4. The predicted molar refractivity (Wildman–Crippen MR) is 117 cm³/mol. The Kier molecular flexibility index (Phi) is 8.21. The van der Waals surface area contributed by atoms with Crippen LogP contribution in [0.15, 0.2) is 42.5 Å². The van der Waals surface area contributed by atoms with Crippen molar-refractivity contribution in [2.75, 3.05) is 39.1 Å². The minimum Gasteiger partial charge on any atom is -0.491 e. The topological polar surface area (TPSA) is 70.7 Å². The van der Waals surface area contributed by atoms with Crippen LogP contribution in [0.3, 0.4) is 0 Å². The molecule has 6 heteroatoms. The summed E-state index contributed by atoms with van der Waals surface area (Å²) in [4.78, 5) is 27.0. The summed E-state index contributed by atoms with van der Waals surface area (Å²) in [6.07, 6.45) is 0. The molecular weight excluding hydrogens is 366 g/mol. The molecule has 2 aromatic carbocycles. The molecule has 0 unspecified atom stereocenters. The normalized spacial score (nSPS) is 10.9. The molecule has 0 aromatic heterocycles. The van der Waals surface area contributed by atoms with Gasteiger partial charge in [0.2, 0.25) is 0 Å². The minimum atomic E-state index is -0.245. The quantitative estimate of drug-likeness (QED) is 0.679. The molecule has 156 valence electrons. The van der Waals surface area contributed by atoms with Crippen molar-refractivity contribution in [3.05, 3.63) is 59.2 Å². The second-order valence-electron chi connectivity index (χ2n) is 7.74. The minimum absolute atomic E-state index is 0.112. The smallest absolute Gasteiger partial charge is 0.259 e. The standard InChI is InChI=1S/C23H31N3O3/c1-16(2)15-24-22(27)18-10-11-20(17(3)14-18)25-23(28)19-8-6-7-9-21(19)29-13-12-26(4)5/h6-11,14,16H,12-13,15H2,1-5H3,(H,24,27)(H,25,28). The molecule has 0 bridgehead atoms. The number of hydrogen-bond donors (Lipinski definition) is 2. The Labute approximate surface area is 173 Å².